The smallest absolute Gasteiger partial charge is 0.208 e. The van der Waals surface area contributed by atoms with Crippen molar-refractivity contribution in [3.8, 4) is 0 Å². The molecule has 1 aliphatic heterocycles. The van der Waals surface area contributed by atoms with Gasteiger partial charge in [-0.15, -0.1) is 10.2 Å². The van der Waals surface area contributed by atoms with Crippen LogP contribution in [-0.4, -0.2) is 46.3 Å². The summed E-state index contributed by atoms with van der Waals surface area (Å²) in [5.74, 6) is 0. The van der Waals surface area contributed by atoms with Crippen LogP contribution in [0.5, 0.6) is 0 Å². The van der Waals surface area contributed by atoms with Gasteiger partial charge in [0.15, 0.2) is 0 Å². The van der Waals surface area contributed by atoms with Crippen LogP contribution in [0.25, 0.3) is 0 Å². The maximum Gasteiger partial charge on any atom is 0.208 e. The lowest BCUT2D eigenvalue weighted by Gasteiger charge is -2.34. The van der Waals surface area contributed by atoms with Crippen LogP contribution in [0.4, 0.5) is 5.13 Å². The van der Waals surface area contributed by atoms with Crippen LogP contribution in [0.2, 0.25) is 0 Å². The van der Waals surface area contributed by atoms with E-state index in [0.29, 0.717) is 0 Å². The van der Waals surface area contributed by atoms with Gasteiger partial charge >= 0.3 is 0 Å². The highest BCUT2D eigenvalue weighted by Gasteiger charge is 2.24. The van der Waals surface area contributed by atoms with Crippen molar-refractivity contribution in [2.45, 2.75) is 32.7 Å². The summed E-state index contributed by atoms with van der Waals surface area (Å²) >= 11 is 1.73. The second-order valence-electron chi connectivity index (χ2n) is 6.76. The molecule has 0 unspecified atom stereocenters. The third-order valence-electron chi connectivity index (χ3n) is 3.85. The Kier molecular flexibility index (Phi) is 4.40. The molecule has 118 valence electrons. The number of rotatable bonds is 3. The topological polar surface area (TPSA) is 45.2 Å². The largest absolute Gasteiger partial charge is 0.344 e. The van der Waals surface area contributed by atoms with Crippen LogP contribution in [-0.2, 0) is 12.0 Å². The van der Waals surface area contributed by atoms with Crippen molar-refractivity contribution in [2.75, 3.05) is 31.1 Å². The highest BCUT2D eigenvalue weighted by Crippen LogP contribution is 2.30. The Morgan fingerprint density at radius 1 is 1.05 bits per heavy atom. The quantitative estimate of drug-likeness (QED) is 0.870. The molecule has 0 bridgehead atoms. The van der Waals surface area contributed by atoms with Crippen LogP contribution >= 0.6 is 11.3 Å². The van der Waals surface area contributed by atoms with E-state index in [-0.39, 0.29) is 5.41 Å². The Bertz CT molecular complexity index is 596. The third kappa shape index (κ3) is 3.62. The monoisotopic (exact) mass is 317 g/mol. The van der Waals surface area contributed by atoms with E-state index in [1.165, 1.54) is 5.56 Å². The second kappa shape index (κ2) is 6.30. The molecule has 0 atom stereocenters. The summed E-state index contributed by atoms with van der Waals surface area (Å²) < 4.78 is 0. The zero-order chi connectivity index (χ0) is 15.6. The Labute approximate surface area is 136 Å². The predicted molar refractivity (Wildman–Crippen MR) is 90.3 cm³/mol. The average molecular weight is 317 g/mol. The predicted octanol–water partition coefficient (Wildman–Crippen LogP) is 2.55. The molecule has 0 aromatic carbocycles. The van der Waals surface area contributed by atoms with E-state index in [1.54, 1.807) is 11.3 Å². The molecule has 0 N–H and O–H groups in total. The zero-order valence-electron chi connectivity index (χ0n) is 13.5. The first-order chi connectivity index (χ1) is 10.5. The first kappa shape index (κ1) is 15.4. The molecule has 1 fully saturated rings. The summed E-state index contributed by atoms with van der Waals surface area (Å²) in [5.41, 5.74) is 1.41. The van der Waals surface area contributed by atoms with Gasteiger partial charge in [0, 0.05) is 50.5 Å². The van der Waals surface area contributed by atoms with E-state index in [2.05, 4.69) is 57.9 Å². The molecule has 2 aromatic rings. The van der Waals surface area contributed by atoms with E-state index in [1.807, 2.05) is 12.4 Å². The molecule has 1 aliphatic rings. The molecule has 3 rings (SSSR count). The van der Waals surface area contributed by atoms with Crippen LogP contribution in [0.1, 0.15) is 31.3 Å². The molecule has 0 radical (unpaired) electrons. The van der Waals surface area contributed by atoms with Crippen LogP contribution in [0.3, 0.4) is 0 Å². The van der Waals surface area contributed by atoms with Gasteiger partial charge in [0.05, 0.1) is 0 Å². The normalized spacial score (nSPS) is 17.0. The first-order valence-corrected chi connectivity index (χ1v) is 8.54. The van der Waals surface area contributed by atoms with E-state index < -0.39 is 0 Å². The van der Waals surface area contributed by atoms with Gasteiger partial charge in [0.2, 0.25) is 5.13 Å². The number of aromatic nitrogens is 3. The third-order valence-corrected chi connectivity index (χ3v) is 5.26. The highest BCUT2D eigenvalue weighted by atomic mass is 32.1. The summed E-state index contributed by atoms with van der Waals surface area (Å²) in [6.45, 7) is 11.7. The first-order valence-electron chi connectivity index (χ1n) is 7.72. The van der Waals surface area contributed by atoms with Gasteiger partial charge in [-0.3, -0.25) is 9.88 Å². The van der Waals surface area contributed by atoms with Gasteiger partial charge in [-0.05, 0) is 17.7 Å². The molecular formula is C16H23N5S. The SMILES string of the molecule is CC(C)(C)c1nnc(N2CCN(Cc3ccncc3)CC2)s1. The summed E-state index contributed by atoms with van der Waals surface area (Å²) in [4.78, 5) is 8.91. The van der Waals surface area contributed by atoms with Gasteiger partial charge in [0.1, 0.15) is 5.01 Å². The maximum absolute atomic E-state index is 4.38. The minimum absolute atomic E-state index is 0.0824. The number of hydrogen-bond acceptors (Lipinski definition) is 6. The van der Waals surface area contributed by atoms with E-state index in [9.17, 15) is 0 Å². The molecule has 2 aromatic heterocycles. The number of anilines is 1. The van der Waals surface area contributed by atoms with E-state index >= 15 is 0 Å². The Morgan fingerprint density at radius 2 is 1.73 bits per heavy atom. The zero-order valence-corrected chi connectivity index (χ0v) is 14.3. The minimum Gasteiger partial charge on any atom is -0.344 e. The van der Waals surface area contributed by atoms with Crippen molar-refractivity contribution in [2.24, 2.45) is 0 Å². The Balaban J connectivity index is 1.56. The van der Waals surface area contributed by atoms with Crippen molar-refractivity contribution < 1.29 is 0 Å². The molecule has 22 heavy (non-hydrogen) atoms. The van der Waals surface area contributed by atoms with Crippen LogP contribution in [0, 0.1) is 0 Å². The molecule has 6 heteroatoms. The van der Waals surface area contributed by atoms with Crippen LogP contribution in [0.15, 0.2) is 24.5 Å². The second-order valence-corrected chi connectivity index (χ2v) is 7.71. The average Bonchev–Trinajstić information content (AvgIpc) is 2.99. The van der Waals surface area contributed by atoms with Crippen molar-refractivity contribution in [1.82, 2.24) is 20.1 Å². The summed E-state index contributed by atoms with van der Waals surface area (Å²) in [6.07, 6.45) is 3.72. The lowest BCUT2D eigenvalue weighted by atomic mass is 9.98. The summed E-state index contributed by atoms with van der Waals surface area (Å²) in [5, 5.41) is 10.9. The van der Waals surface area contributed by atoms with E-state index in [4.69, 9.17) is 0 Å². The fourth-order valence-corrected chi connectivity index (χ4v) is 3.44. The molecule has 5 nitrogen and oxygen atoms in total. The molecule has 1 saturated heterocycles. The highest BCUT2D eigenvalue weighted by molar-refractivity contribution is 7.15. The fourth-order valence-electron chi connectivity index (χ4n) is 2.49. The maximum atomic E-state index is 4.38. The Hall–Kier alpha value is -1.53. The molecule has 0 aliphatic carbocycles. The minimum atomic E-state index is 0.0824. The number of pyridine rings is 1. The van der Waals surface area contributed by atoms with Gasteiger partial charge in [-0.25, -0.2) is 0 Å². The fraction of sp³-hybridized carbons (Fsp3) is 0.562. The molecular weight excluding hydrogens is 294 g/mol. The molecule has 3 heterocycles. The van der Waals surface area contributed by atoms with Gasteiger partial charge in [-0.2, -0.15) is 0 Å². The van der Waals surface area contributed by atoms with Crippen molar-refractivity contribution in [1.29, 1.82) is 0 Å². The lowest BCUT2D eigenvalue weighted by Crippen LogP contribution is -2.45. The standard InChI is InChI=1S/C16H23N5S/c1-16(2,3)14-18-19-15(22-14)21-10-8-20(9-11-21)12-13-4-6-17-7-5-13/h4-7H,8-12H2,1-3H3. The van der Waals surface area contributed by atoms with Gasteiger partial charge < -0.3 is 4.90 Å². The van der Waals surface area contributed by atoms with Gasteiger partial charge in [0.25, 0.3) is 0 Å². The number of hydrogen-bond donors (Lipinski definition) is 0. The van der Waals surface area contributed by atoms with Crippen molar-refractivity contribution in [3.63, 3.8) is 0 Å². The number of piperazine rings is 1. The summed E-state index contributed by atoms with van der Waals surface area (Å²) in [6, 6.07) is 4.18. The summed E-state index contributed by atoms with van der Waals surface area (Å²) in [7, 11) is 0. The van der Waals surface area contributed by atoms with Gasteiger partial charge in [-0.1, -0.05) is 32.1 Å². The molecule has 0 spiro atoms. The Morgan fingerprint density at radius 3 is 2.32 bits per heavy atom. The van der Waals surface area contributed by atoms with Crippen molar-refractivity contribution in [3.05, 3.63) is 35.1 Å². The van der Waals surface area contributed by atoms with E-state index in [0.717, 1.165) is 42.9 Å². The molecule has 0 amide bonds. The molecule has 0 saturated carbocycles. The number of nitrogens with zero attached hydrogens (tertiary/aromatic N) is 5. The van der Waals surface area contributed by atoms with Crippen LogP contribution < -0.4 is 4.90 Å². The lowest BCUT2D eigenvalue weighted by molar-refractivity contribution is 0.249. The van der Waals surface area contributed by atoms with Crippen molar-refractivity contribution >= 4 is 16.5 Å².